The molecule has 0 aromatic heterocycles. The molecular formula is C23H25N3O4. The molecule has 2 saturated heterocycles. The Morgan fingerprint density at radius 3 is 2.03 bits per heavy atom. The highest BCUT2D eigenvalue weighted by Gasteiger charge is 2.23. The van der Waals surface area contributed by atoms with Crippen LogP contribution in [-0.4, -0.2) is 49.0 Å². The van der Waals surface area contributed by atoms with Gasteiger partial charge < -0.3 is 15.0 Å². The fourth-order valence-corrected chi connectivity index (χ4v) is 3.78. The Balaban J connectivity index is 1.37. The summed E-state index contributed by atoms with van der Waals surface area (Å²) in [6.07, 6.45) is 4.09. The van der Waals surface area contributed by atoms with E-state index in [-0.39, 0.29) is 17.9 Å². The molecule has 2 heterocycles. The van der Waals surface area contributed by atoms with E-state index < -0.39 is 0 Å². The van der Waals surface area contributed by atoms with Gasteiger partial charge in [-0.1, -0.05) is 12.8 Å². The highest BCUT2D eigenvalue weighted by Crippen LogP contribution is 2.20. The summed E-state index contributed by atoms with van der Waals surface area (Å²) < 4.78 is 4.93. The van der Waals surface area contributed by atoms with E-state index in [1.165, 1.54) is 17.7 Å². The topological polar surface area (TPSA) is 79.0 Å². The van der Waals surface area contributed by atoms with Crippen LogP contribution in [0.3, 0.4) is 0 Å². The number of amides is 3. The molecule has 2 aliphatic rings. The van der Waals surface area contributed by atoms with E-state index in [4.69, 9.17) is 4.74 Å². The van der Waals surface area contributed by atoms with E-state index in [0.29, 0.717) is 35.7 Å². The van der Waals surface area contributed by atoms with Crippen LogP contribution < -0.4 is 10.2 Å². The number of anilines is 2. The number of hydrogen-bond acceptors (Lipinski definition) is 4. The number of cyclic esters (lactones) is 1. The van der Waals surface area contributed by atoms with Gasteiger partial charge >= 0.3 is 6.09 Å². The summed E-state index contributed by atoms with van der Waals surface area (Å²) in [7, 11) is 0. The molecule has 2 aromatic rings. The summed E-state index contributed by atoms with van der Waals surface area (Å²) in [5.74, 6) is -0.206. The SMILES string of the molecule is O=C(Nc1ccc(C(=O)N2CCCCCC2)cc1)c1ccc(N2CCOC2=O)cc1. The quantitative estimate of drug-likeness (QED) is 0.833. The van der Waals surface area contributed by atoms with Crippen molar-refractivity contribution in [1.82, 2.24) is 4.90 Å². The summed E-state index contributed by atoms with van der Waals surface area (Å²) in [6.45, 7) is 2.50. The van der Waals surface area contributed by atoms with Crippen LogP contribution in [-0.2, 0) is 4.74 Å². The molecule has 0 bridgehead atoms. The summed E-state index contributed by atoms with van der Waals surface area (Å²) in [5, 5.41) is 2.84. The van der Waals surface area contributed by atoms with Gasteiger partial charge in [-0.25, -0.2) is 4.79 Å². The number of likely N-dealkylation sites (tertiary alicyclic amines) is 1. The zero-order chi connectivity index (χ0) is 20.9. The Morgan fingerprint density at radius 2 is 1.43 bits per heavy atom. The number of carbonyl (C=O) groups is 3. The van der Waals surface area contributed by atoms with Gasteiger partial charge in [0.15, 0.2) is 0 Å². The first-order chi connectivity index (χ1) is 14.6. The molecule has 7 heteroatoms. The van der Waals surface area contributed by atoms with Gasteiger partial charge in [-0.3, -0.25) is 14.5 Å². The maximum Gasteiger partial charge on any atom is 0.414 e. The summed E-state index contributed by atoms with van der Waals surface area (Å²) in [6, 6.07) is 13.8. The summed E-state index contributed by atoms with van der Waals surface area (Å²) in [4.78, 5) is 40.3. The average molecular weight is 407 g/mol. The highest BCUT2D eigenvalue weighted by molar-refractivity contribution is 6.05. The largest absolute Gasteiger partial charge is 0.447 e. The highest BCUT2D eigenvalue weighted by atomic mass is 16.6. The Labute approximate surface area is 175 Å². The van der Waals surface area contributed by atoms with Crippen molar-refractivity contribution in [3.05, 3.63) is 59.7 Å². The molecule has 1 N–H and O–H groups in total. The second-order valence-corrected chi connectivity index (χ2v) is 7.55. The third-order valence-corrected chi connectivity index (χ3v) is 5.48. The first kappa shape index (κ1) is 19.9. The van der Waals surface area contributed by atoms with Crippen molar-refractivity contribution in [2.75, 3.05) is 36.5 Å². The molecule has 30 heavy (non-hydrogen) atoms. The Morgan fingerprint density at radius 1 is 0.800 bits per heavy atom. The third kappa shape index (κ3) is 4.45. The standard InChI is InChI=1S/C23H25N3O4/c27-21(17-7-11-20(12-8-17)26-15-16-30-23(26)29)24-19-9-5-18(6-10-19)22(28)25-13-3-1-2-4-14-25/h5-12H,1-4,13-16H2,(H,24,27). The first-order valence-electron chi connectivity index (χ1n) is 10.4. The molecule has 7 nitrogen and oxygen atoms in total. The van der Waals surface area contributed by atoms with Crippen molar-refractivity contribution in [1.29, 1.82) is 0 Å². The third-order valence-electron chi connectivity index (χ3n) is 5.48. The van der Waals surface area contributed by atoms with E-state index >= 15 is 0 Å². The van der Waals surface area contributed by atoms with Crippen LogP contribution in [0.2, 0.25) is 0 Å². The number of carbonyl (C=O) groups excluding carboxylic acids is 3. The van der Waals surface area contributed by atoms with Gasteiger partial charge in [0.1, 0.15) is 6.61 Å². The number of rotatable bonds is 4. The minimum atomic E-state index is -0.373. The van der Waals surface area contributed by atoms with Crippen molar-refractivity contribution in [2.24, 2.45) is 0 Å². The molecule has 2 aromatic carbocycles. The molecule has 0 radical (unpaired) electrons. The Kier molecular flexibility index (Phi) is 5.97. The minimum Gasteiger partial charge on any atom is -0.447 e. The minimum absolute atomic E-state index is 0.0470. The van der Waals surface area contributed by atoms with Gasteiger partial charge in [-0.15, -0.1) is 0 Å². The molecule has 0 aliphatic carbocycles. The van der Waals surface area contributed by atoms with Crippen molar-refractivity contribution in [3.8, 4) is 0 Å². The fourth-order valence-electron chi connectivity index (χ4n) is 3.78. The lowest BCUT2D eigenvalue weighted by Crippen LogP contribution is -2.31. The van der Waals surface area contributed by atoms with Crippen LogP contribution >= 0.6 is 0 Å². The maximum absolute atomic E-state index is 12.7. The average Bonchev–Trinajstić information content (AvgIpc) is 3.02. The maximum atomic E-state index is 12.7. The number of benzene rings is 2. The molecular weight excluding hydrogens is 382 g/mol. The molecule has 4 rings (SSSR count). The van der Waals surface area contributed by atoms with Crippen LogP contribution in [0.25, 0.3) is 0 Å². The Bertz CT molecular complexity index is 916. The van der Waals surface area contributed by atoms with Crippen LogP contribution in [0.1, 0.15) is 46.4 Å². The fraction of sp³-hybridized carbons (Fsp3) is 0.348. The number of hydrogen-bond donors (Lipinski definition) is 1. The summed E-state index contributed by atoms with van der Waals surface area (Å²) in [5.41, 5.74) is 2.44. The number of nitrogens with zero attached hydrogens (tertiary/aromatic N) is 2. The zero-order valence-corrected chi connectivity index (χ0v) is 16.8. The van der Waals surface area contributed by atoms with E-state index in [2.05, 4.69) is 5.32 Å². The molecule has 0 atom stereocenters. The molecule has 0 saturated carbocycles. The van der Waals surface area contributed by atoms with E-state index in [9.17, 15) is 14.4 Å². The lowest BCUT2D eigenvalue weighted by Gasteiger charge is -2.20. The van der Waals surface area contributed by atoms with Gasteiger partial charge in [0, 0.05) is 35.6 Å². The van der Waals surface area contributed by atoms with E-state index in [0.717, 1.165) is 25.9 Å². The normalized spacial score (nSPS) is 16.7. The van der Waals surface area contributed by atoms with E-state index in [1.54, 1.807) is 48.5 Å². The van der Waals surface area contributed by atoms with Crippen molar-refractivity contribution in [3.63, 3.8) is 0 Å². The smallest absolute Gasteiger partial charge is 0.414 e. The number of nitrogens with one attached hydrogen (secondary N) is 1. The molecule has 0 unspecified atom stereocenters. The molecule has 156 valence electrons. The predicted octanol–water partition coefficient (Wildman–Crippen LogP) is 3.91. The molecule has 2 aliphatic heterocycles. The number of ether oxygens (including phenoxy) is 1. The second kappa shape index (κ2) is 8.98. The zero-order valence-electron chi connectivity index (χ0n) is 16.8. The van der Waals surface area contributed by atoms with Crippen LogP contribution in [0.5, 0.6) is 0 Å². The molecule has 0 spiro atoms. The van der Waals surface area contributed by atoms with E-state index in [1.807, 2.05) is 4.90 Å². The van der Waals surface area contributed by atoms with Crippen molar-refractivity contribution < 1.29 is 19.1 Å². The van der Waals surface area contributed by atoms with Gasteiger partial charge in [-0.05, 0) is 61.4 Å². The van der Waals surface area contributed by atoms with Crippen molar-refractivity contribution >= 4 is 29.3 Å². The van der Waals surface area contributed by atoms with Crippen LogP contribution in [0, 0.1) is 0 Å². The van der Waals surface area contributed by atoms with Gasteiger partial charge in [0.25, 0.3) is 11.8 Å². The lowest BCUT2D eigenvalue weighted by atomic mass is 10.1. The van der Waals surface area contributed by atoms with Gasteiger partial charge in [0.05, 0.1) is 6.54 Å². The summed E-state index contributed by atoms with van der Waals surface area (Å²) >= 11 is 0. The molecule has 3 amide bonds. The molecule has 2 fully saturated rings. The first-order valence-corrected chi connectivity index (χ1v) is 10.4. The van der Waals surface area contributed by atoms with Gasteiger partial charge in [-0.2, -0.15) is 0 Å². The Hall–Kier alpha value is -3.35. The van der Waals surface area contributed by atoms with Gasteiger partial charge in [0.2, 0.25) is 0 Å². The predicted molar refractivity (Wildman–Crippen MR) is 114 cm³/mol. The van der Waals surface area contributed by atoms with Crippen molar-refractivity contribution in [2.45, 2.75) is 25.7 Å². The van der Waals surface area contributed by atoms with Crippen LogP contribution in [0.4, 0.5) is 16.2 Å². The second-order valence-electron chi connectivity index (χ2n) is 7.55. The monoisotopic (exact) mass is 407 g/mol. The van der Waals surface area contributed by atoms with Crippen LogP contribution in [0.15, 0.2) is 48.5 Å². The lowest BCUT2D eigenvalue weighted by molar-refractivity contribution is 0.0761.